The molecule has 0 aromatic carbocycles. The van der Waals surface area contributed by atoms with Crippen molar-refractivity contribution in [3.63, 3.8) is 0 Å². The number of rotatable bonds is 6. The number of thiophene rings is 1. The van der Waals surface area contributed by atoms with Gasteiger partial charge in [-0.25, -0.2) is 0 Å². The molecular weight excluding hydrogens is 336 g/mol. The first-order valence-corrected chi connectivity index (χ1v) is 8.22. The summed E-state index contributed by atoms with van der Waals surface area (Å²) < 4.78 is 6.63. The van der Waals surface area contributed by atoms with Gasteiger partial charge in [0.15, 0.2) is 0 Å². The van der Waals surface area contributed by atoms with Crippen molar-refractivity contribution in [2.75, 3.05) is 12.4 Å². The van der Waals surface area contributed by atoms with Crippen molar-refractivity contribution in [1.82, 2.24) is 10.2 Å². The molecule has 98 valence electrons. The normalized spacial score (nSPS) is 12.8. The Morgan fingerprint density at radius 2 is 2.33 bits per heavy atom. The van der Waals surface area contributed by atoms with Gasteiger partial charge in [0.1, 0.15) is 0 Å². The Morgan fingerprint density at radius 1 is 1.50 bits per heavy atom. The van der Waals surface area contributed by atoms with E-state index < -0.39 is 0 Å². The molecule has 7 heteroatoms. The second kappa shape index (κ2) is 6.70. The second-order valence-electron chi connectivity index (χ2n) is 3.91. The molecule has 2 rings (SSSR count). The van der Waals surface area contributed by atoms with E-state index >= 15 is 0 Å². The van der Waals surface area contributed by atoms with Crippen molar-refractivity contribution in [2.45, 2.75) is 12.7 Å². The standard InChI is InChI=1S/C11H13BrN2O2S2/c1-7(4-15)5-17-6-10-13-14-11(16-10)8-2-3-9(12)18-8/h2-3,7,15H,4-6H2,1H3. The Bertz CT molecular complexity index is 501. The molecule has 0 saturated carbocycles. The Morgan fingerprint density at radius 3 is 3.00 bits per heavy atom. The summed E-state index contributed by atoms with van der Waals surface area (Å²) in [6.07, 6.45) is 0. The van der Waals surface area contributed by atoms with Gasteiger partial charge in [0, 0.05) is 6.61 Å². The van der Waals surface area contributed by atoms with Gasteiger partial charge in [-0.05, 0) is 39.7 Å². The van der Waals surface area contributed by atoms with E-state index in [2.05, 4.69) is 26.1 Å². The molecule has 0 spiro atoms. The third kappa shape index (κ3) is 3.81. The van der Waals surface area contributed by atoms with Crippen LogP contribution in [0.1, 0.15) is 12.8 Å². The highest BCUT2D eigenvalue weighted by molar-refractivity contribution is 9.11. The van der Waals surface area contributed by atoms with E-state index in [9.17, 15) is 0 Å². The predicted molar refractivity (Wildman–Crippen MR) is 77.7 cm³/mol. The summed E-state index contributed by atoms with van der Waals surface area (Å²) in [5, 5.41) is 17.0. The monoisotopic (exact) mass is 348 g/mol. The number of aromatic nitrogens is 2. The van der Waals surface area contributed by atoms with Crippen LogP contribution in [0.25, 0.3) is 10.8 Å². The van der Waals surface area contributed by atoms with Gasteiger partial charge < -0.3 is 9.52 Å². The van der Waals surface area contributed by atoms with Gasteiger partial charge in [-0.15, -0.1) is 21.5 Å². The zero-order chi connectivity index (χ0) is 13.0. The molecule has 2 aromatic heterocycles. The lowest BCUT2D eigenvalue weighted by molar-refractivity contribution is 0.250. The summed E-state index contributed by atoms with van der Waals surface area (Å²) in [5.74, 6) is 3.06. The summed E-state index contributed by atoms with van der Waals surface area (Å²) in [6.45, 7) is 2.22. The highest BCUT2D eigenvalue weighted by atomic mass is 79.9. The molecule has 0 amide bonds. The fourth-order valence-corrected chi connectivity index (χ4v) is 3.47. The quantitative estimate of drug-likeness (QED) is 0.866. The van der Waals surface area contributed by atoms with E-state index in [-0.39, 0.29) is 6.61 Å². The lowest BCUT2D eigenvalue weighted by Crippen LogP contribution is -2.03. The highest BCUT2D eigenvalue weighted by Crippen LogP contribution is 2.30. The minimum absolute atomic E-state index is 0.214. The van der Waals surface area contributed by atoms with Crippen LogP contribution in [0, 0.1) is 5.92 Å². The molecule has 0 aliphatic carbocycles. The van der Waals surface area contributed by atoms with Crippen LogP contribution in [0.15, 0.2) is 20.3 Å². The molecule has 2 heterocycles. The first-order chi connectivity index (χ1) is 8.69. The van der Waals surface area contributed by atoms with Crippen LogP contribution in [0.3, 0.4) is 0 Å². The number of hydrogen-bond acceptors (Lipinski definition) is 6. The maximum absolute atomic E-state index is 8.92. The molecule has 1 N–H and O–H groups in total. The van der Waals surface area contributed by atoms with Gasteiger partial charge in [0.25, 0.3) is 5.89 Å². The molecule has 18 heavy (non-hydrogen) atoms. The summed E-state index contributed by atoms with van der Waals surface area (Å²) in [5.41, 5.74) is 0. The van der Waals surface area contributed by atoms with Crippen molar-refractivity contribution in [2.24, 2.45) is 5.92 Å². The molecule has 0 radical (unpaired) electrons. The van der Waals surface area contributed by atoms with Crippen LogP contribution in [-0.4, -0.2) is 27.7 Å². The van der Waals surface area contributed by atoms with Crippen LogP contribution in [0.4, 0.5) is 0 Å². The lowest BCUT2D eigenvalue weighted by atomic mass is 10.2. The zero-order valence-corrected chi connectivity index (χ0v) is 13.0. The number of thioether (sulfide) groups is 1. The minimum Gasteiger partial charge on any atom is -0.419 e. The molecule has 4 nitrogen and oxygen atoms in total. The summed E-state index contributed by atoms with van der Waals surface area (Å²) in [6, 6.07) is 3.91. The summed E-state index contributed by atoms with van der Waals surface area (Å²) in [4.78, 5) is 0.967. The van der Waals surface area contributed by atoms with E-state index in [1.54, 1.807) is 23.1 Å². The molecular formula is C11H13BrN2O2S2. The maximum atomic E-state index is 8.92. The van der Waals surface area contributed by atoms with E-state index in [0.717, 1.165) is 14.4 Å². The predicted octanol–water partition coefficient (Wildman–Crippen LogP) is 3.42. The fourth-order valence-electron chi connectivity index (χ4n) is 1.24. The lowest BCUT2D eigenvalue weighted by Gasteiger charge is -2.04. The summed E-state index contributed by atoms with van der Waals surface area (Å²) in [7, 11) is 0. The van der Waals surface area contributed by atoms with Crippen molar-refractivity contribution in [3.8, 4) is 10.8 Å². The van der Waals surface area contributed by atoms with Crippen LogP contribution in [0.5, 0.6) is 0 Å². The molecule has 0 saturated heterocycles. The molecule has 1 unspecified atom stereocenters. The summed E-state index contributed by atoms with van der Waals surface area (Å²) >= 11 is 6.66. The SMILES string of the molecule is CC(CO)CSCc1nnc(-c2ccc(Br)s2)o1. The molecule has 1 atom stereocenters. The van der Waals surface area contributed by atoms with Gasteiger partial charge in [0.2, 0.25) is 5.89 Å². The molecule has 0 bridgehead atoms. The van der Waals surface area contributed by atoms with E-state index in [4.69, 9.17) is 9.52 Å². The first kappa shape index (κ1) is 14.0. The van der Waals surface area contributed by atoms with E-state index in [0.29, 0.717) is 23.5 Å². The third-order valence-corrected chi connectivity index (χ3v) is 5.06. The van der Waals surface area contributed by atoms with Gasteiger partial charge >= 0.3 is 0 Å². The van der Waals surface area contributed by atoms with Gasteiger partial charge in [-0.1, -0.05) is 6.92 Å². The molecule has 0 aliphatic rings. The zero-order valence-electron chi connectivity index (χ0n) is 9.80. The smallest absolute Gasteiger partial charge is 0.257 e. The van der Waals surface area contributed by atoms with E-state index in [1.165, 1.54) is 0 Å². The number of hydrogen-bond donors (Lipinski definition) is 1. The van der Waals surface area contributed by atoms with Gasteiger partial charge in [-0.3, -0.25) is 0 Å². The topological polar surface area (TPSA) is 59.2 Å². The minimum atomic E-state index is 0.214. The van der Waals surface area contributed by atoms with Crippen molar-refractivity contribution >= 4 is 39.0 Å². The highest BCUT2D eigenvalue weighted by Gasteiger charge is 2.11. The third-order valence-electron chi connectivity index (χ3n) is 2.19. The number of halogens is 1. The van der Waals surface area contributed by atoms with Gasteiger partial charge in [0.05, 0.1) is 14.4 Å². The molecule has 0 aliphatic heterocycles. The largest absolute Gasteiger partial charge is 0.419 e. The van der Waals surface area contributed by atoms with Crippen LogP contribution >= 0.6 is 39.0 Å². The second-order valence-corrected chi connectivity index (χ2v) is 7.40. The Balaban J connectivity index is 1.90. The Labute approximate surface area is 122 Å². The van der Waals surface area contributed by atoms with Crippen LogP contribution < -0.4 is 0 Å². The van der Waals surface area contributed by atoms with Crippen molar-refractivity contribution in [1.29, 1.82) is 0 Å². The average molecular weight is 349 g/mol. The molecule has 0 fully saturated rings. The fraction of sp³-hybridized carbons (Fsp3) is 0.455. The first-order valence-electron chi connectivity index (χ1n) is 5.45. The maximum Gasteiger partial charge on any atom is 0.257 e. The van der Waals surface area contributed by atoms with Crippen molar-refractivity contribution < 1.29 is 9.52 Å². The van der Waals surface area contributed by atoms with Crippen LogP contribution in [0.2, 0.25) is 0 Å². The Hall–Kier alpha value is -0.370. The van der Waals surface area contributed by atoms with E-state index in [1.807, 2.05) is 19.1 Å². The van der Waals surface area contributed by atoms with Gasteiger partial charge in [-0.2, -0.15) is 11.8 Å². The Kier molecular flexibility index (Phi) is 5.23. The number of aliphatic hydroxyl groups excluding tert-OH is 1. The molecule has 2 aromatic rings. The average Bonchev–Trinajstić information content (AvgIpc) is 2.97. The number of aliphatic hydroxyl groups is 1. The van der Waals surface area contributed by atoms with Crippen molar-refractivity contribution in [3.05, 3.63) is 21.8 Å². The van der Waals surface area contributed by atoms with Crippen LogP contribution in [-0.2, 0) is 5.75 Å². The number of nitrogens with zero attached hydrogens (tertiary/aromatic N) is 2.